The number of hydrogen-bond acceptors (Lipinski definition) is 1. The van der Waals surface area contributed by atoms with Gasteiger partial charge in [0.25, 0.3) is 0 Å². The van der Waals surface area contributed by atoms with Crippen molar-refractivity contribution >= 4 is 5.69 Å². The first-order valence-electron chi connectivity index (χ1n) is 9.82. The van der Waals surface area contributed by atoms with E-state index >= 15 is 0 Å². The highest BCUT2D eigenvalue weighted by molar-refractivity contribution is 5.46. The lowest BCUT2D eigenvalue weighted by Crippen LogP contribution is -2.21. The largest absolute Gasteiger partial charge is 0.382 e. The fraction of sp³-hybridized carbons (Fsp3) is 0.500. The van der Waals surface area contributed by atoms with E-state index in [4.69, 9.17) is 0 Å². The smallest absolute Gasteiger partial charge is 0.121 e. The predicted octanol–water partition coefficient (Wildman–Crippen LogP) is 8.11. The Morgan fingerprint density at radius 1 is 1.15 bits per heavy atom. The molecule has 0 radical (unpaired) electrons. The molecule has 0 aliphatic heterocycles. The number of nitrogens with one attached hydrogen (secondary N) is 1. The molecule has 0 fully saturated rings. The van der Waals surface area contributed by atoms with Gasteiger partial charge in [0.05, 0.1) is 0 Å². The molecule has 0 aliphatic rings. The van der Waals surface area contributed by atoms with E-state index in [9.17, 15) is 4.39 Å². The Labute approximate surface area is 162 Å². The molecule has 2 heteroatoms. The van der Waals surface area contributed by atoms with Gasteiger partial charge in [0.15, 0.2) is 0 Å². The first kappa shape index (κ1) is 26.4. The molecule has 0 heterocycles. The first-order valence-corrected chi connectivity index (χ1v) is 9.82. The molecule has 1 aromatic rings. The molecule has 0 bridgehead atoms. The summed E-state index contributed by atoms with van der Waals surface area (Å²) >= 11 is 0. The van der Waals surface area contributed by atoms with Crippen LogP contribution < -0.4 is 5.32 Å². The first-order chi connectivity index (χ1) is 12.3. The van der Waals surface area contributed by atoms with Crippen LogP contribution in [0.5, 0.6) is 0 Å². The molecule has 0 spiro atoms. The standard InChI is InChI=1S/C13H21N.C9H13F.C2H6/c1-5-12-7-6-8-13(9-12)14-11(4)10(2)3;1-4-6-7-8(3)9(10)5-2;1-2/h6-11,14H,5H2,1-4H3;4-7H,1-3H3;1-2H3/b;6-4-,8-7-,9-5+;. The van der Waals surface area contributed by atoms with Crippen LogP contribution >= 0.6 is 0 Å². The van der Waals surface area contributed by atoms with Crippen LogP contribution in [-0.2, 0) is 6.42 Å². The Kier molecular flexibility index (Phi) is 16.9. The Bertz CT molecular complexity index is 553. The second-order valence-electron chi connectivity index (χ2n) is 6.24. The quantitative estimate of drug-likeness (QED) is 0.504. The molecular weight excluding hydrogens is 321 g/mol. The lowest BCUT2D eigenvalue weighted by molar-refractivity contribution is 0.560. The molecule has 0 aromatic heterocycles. The lowest BCUT2D eigenvalue weighted by Gasteiger charge is -2.19. The minimum absolute atomic E-state index is 0.155. The number of rotatable bonds is 6. The van der Waals surface area contributed by atoms with Crippen LogP contribution in [0.3, 0.4) is 0 Å². The highest BCUT2D eigenvalue weighted by Crippen LogP contribution is 2.14. The maximum absolute atomic E-state index is 12.6. The SMILES string of the molecule is CC.CCc1cccc(NC(C)C(C)C)c1.C\C=C/C=C(C)\C(F)=C/C. The molecule has 1 rings (SSSR count). The summed E-state index contributed by atoms with van der Waals surface area (Å²) in [5, 5.41) is 3.52. The fourth-order valence-corrected chi connectivity index (χ4v) is 1.86. The molecule has 0 saturated heterocycles. The van der Waals surface area contributed by atoms with Crippen LogP contribution in [0.2, 0.25) is 0 Å². The Balaban J connectivity index is 0. The number of hydrogen-bond donors (Lipinski definition) is 1. The van der Waals surface area contributed by atoms with Gasteiger partial charge < -0.3 is 5.32 Å². The summed E-state index contributed by atoms with van der Waals surface area (Å²) in [6.45, 7) is 18.2. The van der Waals surface area contributed by atoms with E-state index in [1.54, 1.807) is 19.9 Å². The van der Waals surface area contributed by atoms with Gasteiger partial charge in [0, 0.05) is 11.7 Å². The van der Waals surface area contributed by atoms with Gasteiger partial charge in [-0.15, -0.1) is 0 Å². The van der Waals surface area contributed by atoms with Crippen molar-refractivity contribution in [2.45, 2.75) is 74.8 Å². The van der Waals surface area contributed by atoms with Crippen LogP contribution in [-0.4, -0.2) is 6.04 Å². The van der Waals surface area contributed by atoms with Crippen molar-refractivity contribution in [3.05, 3.63) is 65.5 Å². The third-order valence-electron chi connectivity index (χ3n) is 3.90. The van der Waals surface area contributed by atoms with E-state index in [0.29, 0.717) is 17.5 Å². The number of anilines is 1. The van der Waals surface area contributed by atoms with Gasteiger partial charge in [0.2, 0.25) is 0 Å². The van der Waals surface area contributed by atoms with Gasteiger partial charge in [-0.25, -0.2) is 4.39 Å². The Morgan fingerprint density at radius 3 is 2.23 bits per heavy atom. The van der Waals surface area contributed by atoms with Gasteiger partial charge in [-0.3, -0.25) is 0 Å². The summed E-state index contributed by atoms with van der Waals surface area (Å²) in [7, 11) is 0. The highest BCUT2D eigenvalue weighted by atomic mass is 19.1. The third-order valence-corrected chi connectivity index (χ3v) is 3.90. The zero-order chi connectivity index (χ0) is 20.5. The maximum Gasteiger partial charge on any atom is 0.121 e. The van der Waals surface area contributed by atoms with Crippen molar-refractivity contribution in [1.82, 2.24) is 0 Å². The van der Waals surface area contributed by atoms with Crippen LogP contribution in [0.1, 0.15) is 67.9 Å². The Hall–Kier alpha value is -1.83. The second kappa shape index (κ2) is 16.6. The van der Waals surface area contributed by atoms with E-state index in [2.05, 4.69) is 57.3 Å². The summed E-state index contributed by atoms with van der Waals surface area (Å²) < 4.78 is 12.6. The molecule has 0 aliphatic carbocycles. The molecule has 148 valence electrons. The van der Waals surface area contributed by atoms with Gasteiger partial charge in [0.1, 0.15) is 5.83 Å². The minimum atomic E-state index is -0.155. The van der Waals surface area contributed by atoms with E-state index in [-0.39, 0.29) is 5.83 Å². The number of allylic oxidation sites excluding steroid dienone is 6. The minimum Gasteiger partial charge on any atom is -0.382 e. The molecule has 1 N–H and O–H groups in total. The molecule has 1 aromatic carbocycles. The summed E-state index contributed by atoms with van der Waals surface area (Å²) in [4.78, 5) is 0. The summed E-state index contributed by atoms with van der Waals surface area (Å²) in [6, 6.07) is 9.19. The van der Waals surface area contributed by atoms with E-state index in [1.165, 1.54) is 17.3 Å². The molecule has 0 amide bonds. The predicted molar refractivity (Wildman–Crippen MR) is 119 cm³/mol. The molecule has 1 nitrogen and oxygen atoms in total. The van der Waals surface area contributed by atoms with Gasteiger partial charge in [-0.2, -0.15) is 0 Å². The van der Waals surface area contributed by atoms with E-state index in [0.717, 1.165) is 6.42 Å². The van der Waals surface area contributed by atoms with Crippen molar-refractivity contribution in [2.75, 3.05) is 5.32 Å². The van der Waals surface area contributed by atoms with Crippen molar-refractivity contribution in [3.63, 3.8) is 0 Å². The number of benzene rings is 1. The zero-order valence-electron chi connectivity index (χ0n) is 18.4. The van der Waals surface area contributed by atoms with Crippen LogP contribution in [0.25, 0.3) is 0 Å². The van der Waals surface area contributed by atoms with E-state index in [1.807, 2.05) is 32.9 Å². The monoisotopic (exact) mass is 361 g/mol. The molecular formula is C24H40FN. The average molecular weight is 362 g/mol. The van der Waals surface area contributed by atoms with Gasteiger partial charge in [-0.05, 0) is 63.3 Å². The van der Waals surface area contributed by atoms with Gasteiger partial charge >= 0.3 is 0 Å². The fourth-order valence-electron chi connectivity index (χ4n) is 1.86. The molecule has 1 atom stereocenters. The van der Waals surface area contributed by atoms with Crippen LogP contribution in [0.4, 0.5) is 10.1 Å². The maximum atomic E-state index is 12.6. The van der Waals surface area contributed by atoms with Crippen molar-refractivity contribution in [3.8, 4) is 0 Å². The summed E-state index contributed by atoms with van der Waals surface area (Å²) in [6.07, 6.45) is 7.99. The van der Waals surface area contributed by atoms with E-state index < -0.39 is 0 Å². The highest BCUT2D eigenvalue weighted by Gasteiger charge is 2.06. The normalized spacial score (nSPS) is 12.9. The average Bonchev–Trinajstić information content (AvgIpc) is 2.67. The summed E-state index contributed by atoms with van der Waals surface area (Å²) in [5.41, 5.74) is 3.30. The second-order valence-corrected chi connectivity index (χ2v) is 6.24. The zero-order valence-corrected chi connectivity index (χ0v) is 18.4. The third kappa shape index (κ3) is 12.5. The lowest BCUT2D eigenvalue weighted by atomic mass is 10.1. The van der Waals surface area contributed by atoms with Crippen molar-refractivity contribution in [1.29, 1.82) is 0 Å². The van der Waals surface area contributed by atoms with Crippen molar-refractivity contribution in [2.24, 2.45) is 5.92 Å². The number of halogens is 1. The summed E-state index contributed by atoms with van der Waals surface area (Å²) in [5.74, 6) is 0.512. The molecule has 1 unspecified atom stereocenters. The topological polar surface area (TPSA) is 12.0 Å². The van der Waals surface area contributed by atoms with Crippen molar-refractivity contribution < 1.29 is 4.39 Å². The Morgan fingerprint density at radius 2 is 1.77 bits per heavy atom. The van der Waals surface area contributed by atoms with Gasteiger partial charge in [-0.1, -0.05) is 71.1 Å². The molecule has 26 heavy (non-hydrogen) atoms. The van der Waals surface area contributed by atoms with Crippen LogP contribution in [0, 0.1) is 5.92 Å². The number of aryl methyl sites for hydroxylation is 1. The van der Waals surface area contributed by atoms with Crippen LogP contribution in [0.15, 0.2) is 60.0 Å². The molecule has 0 saturated carbocycles.